The number of carbonyl (C=O) groups excluding carboxylic acids is 1. The van der Waals surface area contributed by atoms with Gasteiger partial charge < -0.3 is 14.5 Å². The van der Waals surface area contributed by atoms with Crippen molar-refractivity contribution in [2.45, 2.75) is 44.5 Å². The zero-order chi connectivity index (χ0) is 19.5. The van der Waals surface area contributed by atoms with Crippen LogP contribution in [-0.2, 0) is 6.42 Å². The van der Waals surface area contributed by atoms with Crippen molar-refractivity contribution in [3.8, 4) is 5.88 Å². The van der Waals surface area contributed by atoms with E-state index in [0.29, 0.717) is 11.1 Å². The number of amides is 1. The summed E-state index contributed by atoms with van der Waals surface area (Å²) >= 11 is 1.40. The predicted molar refractivity (Wildman–Crippen MR) is 113 cm³/mol. The molecule has 28 heavy (non-hydrogen) atoms. The van der Waals surface area contributed by atoms with Crippen molar-refractivity contribution >= 4 is 28.5 Å². The first-order chi connectivity index (χ1) is 13.6. The van der Waals surface area contributed by atoms with Crippen LogP contribution in [0.4, 0.5) is 16.3 Å². The fourth-order valence-corrected chi connectivity index (χ4v) is 4.46. The summed E-state index contributed by atoms with van der Waals surface area (Å²) in [5.74, 6) is 1.48. The molecule has 0 atom stereocenters. The van der Waals surface area contributed by atoms with E-state index in [2.05, 4.69) is 39.1 Å². The van der Waals surface area contributed by atoms with E-state index in [1.54, 1.807) is 6.33 Å². The van der Waals surface area contributed by atoms with E-state index < -0.39 is 0 Å². The highest BCUT2D eigenvalue weighted by Crippen LogP contribution is 2.34. The molecule has 7 heteroatoms. The number of anilines is 2. The minimum atomic E-state index is 0.0849. The molecule has 2 aliphatic rings. The molecular formula is C21H26N4O2S. The third-order valence-electron chi connectivity index (χ3n) is 5.12. The summed E-state index contributed by atoms with van der Waals surface area (Å²) in [5.41, 5.74) is 2.56. The molecule has 0 bridgehead atoms. The molecule has 0 aliphatic carbocycles. The zero-order valence-corrected chi connectivity index (χ0v) is 17.2. The van der Waals surface area contributed by atoms with Gasteiger partial charge in [-0.2, -0.15) is 0 Å². The summed E-state index contributed by atoms with van der Waals surface area (Å²) in [7, 11) is 0. The average Bonchev–Trinajstić information content (AvgIpc) is 3.12. The largest absolute Gasteiger partial charge is 0.474 e. The van der Waals surface area contributed by atoms with Gasteiger partial charge in [-0.15, -0.1) is 0 Å². The molecule has 148 valence electrons. The van der Waals surface area contributed by atoms with Gasteiger partial charge in [0.1, 0.15) is 18.2 Å². The Labute approximate surface area is 170 Å². The maximum absolute atomic E-state index is 12.2. The number of rotatable bonds is 4. The fraction of sp³-hybridized carbons (Fsp3) is 0.476. The minimum Gasteiger partial charge on any atom is -0.474 e. The summed E-state index contributed by atoms with van der Waals surface area (Å²) < 4.78 is 6.13. The van der Waals surface area contributed by atoms with E-state index in [4.69, 9.17) is 4.74 Å². The van der Waals surface area contributed by atoms with Crippen molar-refractivity contribution in [1.29, 1.82) is 0 Å². The quantitative estimate of drug-likeness (QED) is 0.766. The Bertz CT molecular complexity index is 837. The molecule has 0 spiro atoms. The predicted octanol–water partition coefficient (Wildman–Crippen LogP) is 4.28. The van der Waals surface area contributed by atoms with E-state index in [1.165, 1.54) is 23.0 Å². The standard InChI is InChI=1S/C21H26N4O2S/c1-15(2)28-21(26)24-10-8-17(9-11-24)27-20-13-19(22-14-23-20)25-12-7-16-5-3-4-6-18(16)25/h3-6,13-15,17H,7-12H2,1-2H3. The number of piperidine rings is 1. The zero-order valence-electron chi connectivity index (χ0n) is 16.4. The first-order valence-electron chi connectivity index (χ1n) is 9.90. The number of likely N-dealkylation sites (tertiary alicyclic amines) is 1. The molecular weight excluding hydrogens is 372 g/mol. The number of nitrogens with zero attached hydrogens (tertiary/aromatic N) is 4. The van der Waals surface area contributed by atoms with Crippen LogP contribution < -0.4 is 9.64 Å². The van der Waals surface area contributed by atoms with Crippen molar-refractivity contribution in [3.63, 3.8) is 0 Å². The number of benzene rings is 1. The van der Waals surface area contributed by atoms with Crippen LogP contribution in [0.3, 0.4) is 0 Å². The number of aromatic nitrogens is 2. The number of hydrogen-bond donors (Lipinski definition) is 0. The Hall–Kier alpha value is -2.28. The smallest absolute Gasteiger partial charge is 0.281 e. The van der Waals surface area contributed by atoms with Crippen molar-refractivity contribution in [3.05, 3.63) is 42.2 Å². The van der Waals surface area contributed by atoms with Gasteiger partial charge in [0, 0.05) is 49.5 Å². The van der Waals surface area contributed by atoms with Crippen molar-refractivity contribution < 1.29 is 9.53 Å². The van der Waals surface area contributed by atoms with Crippen LogP contribution in [0.1, 0.15) is 32.3 Å². The van der Waals surface area contributed by atoms with E-state index in [9.17, 15) is 4.79 Å². The average molecular weight is 399 g/mol. The molecule has 1 aromatic heterocycles. The number of thioether (sulfide) groups is 1. The Morgan fingerprint density at radius 3 is 2.75 bits per heavy atom. The van der Waals surface area contributed by atoms with E-state index in [0.717, 1.165) is 44.7 Å². The van der Waals surface area contributed by atoms with Crippen LogP contribution in [0.25, 0.3) is 0 Å². The molecule has 0 radical (unpaired) electrons. The molecule has 1 fully saturated rings. The maximum Gasteiger partial charge on any atom is 0.281 e. The summed E-state index contributed by atoms with van der Waals surface area (Å²) in [5, 5.41) is 0.488. The molecule has 0 saturated carbocycles. The lowest BCUT2D eigenvalue weighted by molar-refractivity contribution is 0.115. The Balaban J connectivity index is 1.37. The molecule has 1 saturated heterocycles. The second-order valence-corrected chi connectivity index (χ2v) is 9.01. The monoisotopic (exact) mass is 398 g/mol. The summed E-state index contributed by atoms with van der Waals surface area (Å²) in [4.78, 5) is 25.1. The van der Waals surface area contributed by atoms with E-state index in [1.807, 2.05) is 24.8 Å². The molecule has 4 rings (SSSR count). The molecule has 1 amide bonds. The van der Waals surface area contributed by atoms with Crippen LogP contribution in [-0.4, -0.2) is 51.1 Å². The van der Waals surface area contributed by atoms with E-state index >= 15 is 0 Å². The number of fused-ring (bicyclic) bond motifs is 1. The second kappa shape index (κ2) is 8.39. The van der Waals surface area contributed by atoms with Gasteiger partial charge in [0.25, 0.3) is 5.24 Å². The molecule has 6 nitrogen and oxygen atoms in total. The summed E-state index contributed by atoms with van der Waals surface area (Å²) in [6.07, 6.45) is 4.34. The van der Waals surface area contributed by atoms with Crippen LogP contribution >= 0.6 is 11.8 Å². The van der Waals surface area contributed by atoms with Crippen molar-refractivity contribution in [2.75, 3.05) is 24.5 Å². The summed E-state index contributed by atoms with van der Waals surface area (Å²) in [6.45, 7) is 6.49. The second-order valence-electron chi connectivity index (χ2n) is 7.48. The van der Waals surface area contributed by atoms with Gasteiger partial charge in [-0.1, -0.05) is 43.8 Å². The fourth-order valence-electron chi connectivity index (χ4n) is 3.72. The molecule has 2 aromatic rings. The number of carbonyl (C=O) groups is 1. The Kier molecular flexibility index (Phi) is 5.71. The van der Waals surface area contributed by atoms with Crippen LogP contribution in [0, 0.1) is 0 Å². The SMILES string of the molecule is CC(C)SC(=O)N1CCC(Oc2cc(N3CCc4ccccc43)ncn2)CC1. The highest BCUT2D eigenvalue weighted by atomic mass is 32.2. The van der Waals surface area contributed by atoms with E-state index in [-0.39, 0.29) is 11.3 Å². The van der Waals surface area contributed by atoms with Crippen molar-refractivity contribution in [1.82, 2.24) is 14.9 Å². The van der Waals surface area contributed by atoms with Gasteiger partial charge in [-0.05, 0) is 18.1 Å². The van der Waals surface area contributed by atoms with Gasteiger partial charge in [0.2, 0.25) is 5.88 Å². The van der Waals surface area contributed by atoms with Crippen LogP contribution in [0.5, 0.6) is 5.88 Å². The highest BCUT2D eigenvalue weighted by molar-refractivity contribution is 8.14. The first-order valence-corrected chi connectivity index (χ1v) is 10.8. The van der Waals surface area contributed by atoms with Gasteiger partial charge in [-0.25, -0.2) is 9.97 Å². The van der Waals surface area contributed by atoms with Crippen molar-refractivity contribution in [2.24, 2.45) is 0 Å². The van der Waals surface area contributed by atoms with Crippen LogP contribution in [0.2, 0.25) is 0 Å². The third kappa shape index (κ3) is 4.24. The molecule has 0 unspecified atom stereocenters. The Morgan fingerprint density at radius 2 is 1.96 bits per heavy atom. The molecule has 0 N–H and O–H groups in total. The topological polar surface area (TPSA) is 58.6 Å². The lowest BCUT2D eigenvalue weighted by atomic mass is 10.1. The van der Waals surface area contributed by atoms with Gasteiger partial charge in [0.15, 0.2) is 0 Å². The molecule has 2 aliphatic heterocycles. The number of ether oxygens (including phenoxy) is 1. The summed E-state index contributed by atoms with van der Waals surface area (Å²) in [6, 6.07) is 10.4. The van der Waals surface area contributed by atoms with Gasteiger partial charge in [0.05, 0.1) is 0 Å². The molecule has 1 aromatic carbocycles. The molecule has 3 heterocycles. The normalized spacial score (nSPS) is 17.1. The number of hydrogen-bond acceptors (Lipinski definition) is 6. The number of para-hydroxylation sites is 1. The van der Waals surface area contributed by atoms with Gasteiger partial charge >= 0.3 is 0 Å². The minimum absolute atomic E-state index is 0.0849. The first kappa shape index (κ1) is 19.1. The lowest BCUT2D eigenvalue weighted by Crippen LogP contribution is -2.40. The highest BCUT2D eigenvalue weighted by Gasteiger charge is 2.26. The van der Waals surface area contributed by atoms with Crippen LogP contribution in [0.15, 0.2) is 36.7 Å². The van der Waals surface area contributed by atoms with Gasteiger partial charge in [-0.3, -0.25) is 4.79 Å². The Morgan fingerprint density at radius 1 is 1.18 bits per heavy atom. The lowest BCUT2D eigenvalue weighted by Gasteiger charge is -2.32. The third-order valence-corrected chi connectivity index (χ3v) is 6.05. The maximum atomic E-state index is 12.2.